The number of ether oxygens (including phenoxy) is 6. The number of rotatable bonds is 36. The molecule has 0 spiro atoms. The molecule has 0 unspecified atom stereocenters. The lowest BCUT2D eigenvalue weighted by molar-refractivity contribution is 0.0138. The molecule has 0 aromatic carbocycles. The van der Waals surface area contributed by atoms with E-state index in [1.807, 2.05) is 0 Å². The molecular formula is C29H66N2O12Si2. The zero-order chi connectivity index (χ0) is 33.5. The van der Waals surface area contributed by atoms with Crippen LogP contribution in [0.5, 0.6) is 0 Å². The van der Waals surface area contributed by atoms with Crippen LogP contribution in [-0.4, -0.2) is 190 Å². The summed E-state index contributed by atoms with van der Waals surface area (Å²) in [5.74, 6) is 0. The summed E-state index contributed by atoms with van der Waals surface area (Å²) in [6.45, 7) is 9.22. The SMILES string of the molecule is COCCO[Si](CCCN(C)CCCN(C)CCC[Si](OCCOC)(OCCOC)OCCOC)(OCCOC)OCCOC. The standard InChI is InChI=1S/C29H66N2O12Si2/c1-30(14-10-28-44(38-22-16-32-3,39-23-17-33-4)40-24-18-34-5)12-9-13-31(2)15-11-29-45(41-25-19-35-6,42-26-20-36-7)43-27-21-37-8/h9-29H2,1-8H3. The van der Waals surface area contributed by atoms with Crippen molar-refractivity contribution < 1.29 is 55.0 Å². The lowest BCUT2D eigenvalue weighted by atomic mass is 10.3. The normalized spacial score (nSPS) is 12.7. The second-order valence-electron chi connectivity index (χ2n) is 10.6. The van der Waals surface area contributed by atoms with Crippen LogP contribution < -0.4 is 0 Å². The van der Waals surface area contributed by atoms with Gasteiger partial charge >= 0.3 is 17.6 Å². The highest BCUT2D eigenvalue weighted by Crippen LogP contribution is 2.20. The van der Waals surface area contributed by atoms with Crippen molar-refractivity contribution in [2.45, 2.75) is 31.4 Å². The van der Waals surface area contributed by atoms with Crippen LogP contribution in [0, 0.1) is 0 Å². The molecule has 0 N–H and O–H groups in total. The largest absolute Gasteiger partial charge is 0.501 e. The van der Waals surface area contributed by atoms with Gasteiger partial charge in [0.2, 0.25) is 0 Å². The molecule has 0 fully saturated rings. The van der Waals surface area contributed by atoms with Crippen LogP contribution in [-0.2, 0) is 55.0 Å². The summed E-state index contributed by atoms with van der Waals surface area (Å²) in [5.41, 5.74) is 0. The molecule has 0 radical (unpaired) electrons. The van der Waals surface area contributed by atoms with Crippen molar-refractivity contribution in [3.63, 3.8) is 0 Å². The summed E-state index contributed by atoms with van der Waals surface area (Å²) in [7, 11) is 8.41. The van der Waals surface area contributed by atoms with Crippen molar-refractivity contribution in [2.24, 2.45) is 0 Å². The van der Waals surface area contributed by atoms with E-state index in [1.54, 1.807) is 42.7 Å². The highest BCUT2D eigenvalue weighted by Gasteiger charge is 2.42. The summed E-state index contributed by atoms with van der Waals surface area (Å²) in [4.78, 5) is 4.70. The maximum atomic E-state index is 6.19. The molecule has 0 aromatic rings. The van der Waals surface area contributed by atoms with Gasteiger partial charge in [-0.15, -0.1) is 0 Å². The van der Waals surface area contributed by atoms with E-state index in [1.165, 1.54) is 0 Å². The van der Waals surface area contributed by atoms with E-state index in [2.05, 4.69) is 23.9 Å². The molecule has 0 bridgehead atoms. The van der Waals surface area contributed by atoms with Gasteiger partial charge in [-0.25, -0.2) is 0 Å². The number of hydrogen-bond acceptors (Lipinski definition) is 14. The molecule has 0 amide bonds. The van der Waals surface area contributed by atoms with Crippen molar-refractivity contribution in [1.82, 2.24) is 9.80 Å². The molecule has 0 aliphatic rings. The maximum Gasteiger partial charge on any atom is 0.501 e. The molecule has 0 aliphatic heterocycles. The third-order valence-electron chi connectivity index (χ3n) is 6.78. The Bertz CT molecular complexity index is 531. The van der Waals surface area contributed by atoms with Crippen LogP contribution in [0.2, 0.25) is 12.1 Å². The van der Waals surface area contributed by atoms with Crippen LogP contribution in [0.1, 0.15) is 19.3 Å². The summed E-state index contributed by atoms with van der Waals surface area (Å²) in [6, 6.07) is 1.43. The van der Waals surface area contributed by atoms with Gasteiger partial charge in [0, 0.05) is 54.7 Å². The van der Waals surface area contributed by atoms with E-state index >= 15 is 0 Å². The van der Waals surface area contributed by atoms with Crippen LogP contribution >= 0.6 is 0 Å². The Balaban J connectivity index is 4.79. The minimum Gasteiger partial charge on any atom is -0.382 e. The van der Waals surface area contributed by atoms with E-state index in [-0.39, 0.29) is 0 Å². The third-order valence-corrected chi connectivity index (χ3v) is 12.6. The second kappa shape index (κ2) is 31.2. The van der Waals surface area contributed by atoms with E-state index in [0.29, 0.717) is 91.4 Å². The highest BCUT2D eigenvalue weighted by molar-refractivity contribution is 6.61. The predicted octanol–water partition coefficient (Wildman–Crippen LogP) is 1.88. The maximum absolute atomic E-state index is 6.19. The van der Waals surface area contributed by atoms with Gasteiger partial charge in [0.15, 0.2) is 0 Å². The first-order chi connectivity index (χ1) is 21.9. The Morgan fingerprint density at radius 2 is 0.556 bits per heavy atom. The molecule has 45 heavy (non-hydrogen) atoms. The van der Waals surface area contributed by atoms with Crippen molar-refractivity contribution in [3.05, 3.63) is 0 Å². The zero-order valence-electron chi connectivity index (χ0n) is 29.6. The van der Waals surface area contributed by atoms with Gasteiger partial charge in [-0.05, 0) is 59.5 Å². The summed E-state index contributed by atoms with van der Waals surface area (Å²) in [5, 5.41) is 0. The fraction of sp³-hybridized carbons (Fsp3) is 1.00. The van der Waals surface area contributed by atoms with Crippen LogP contribution in [0.3, 0.4) is 0 Å². The Morgan fingerprint density at radius 1 is 0.333 bits per heavy atom. The Morgan fingerprint density at radius 3 is 0.778 bits per heavy atom. The molecule has 272 valence electrons. The quantitative estimate of drug-likeness (QED) is 0.0704. The smallest absolute Gasteiger partial charge is 0.382 e. The zero-order valence-corrected chi connectivity index (χ0v) is 31.6. The summed E-state index contributed by atoms with van der Waals surface area (Å²) in [6.07, 6.45) is 2.84. The topological polar surface area (TPSA) is 117 Å². The molecule has 0 aromatic heterocycles. The van der Waals surface area contributed by atoms with Gasteiger partial charge in [-0.1, -0.05) is 0 Å². The van der Waals surface area contributed by atoms with Crippen molar-refractivity contribution in [3.8, 4) is 0 Å². The minimum atomic E-state index is -2.91. The molecular weight excluding hydrogens is 624 g/mol. The minimum absolute atomic E-state index is 0.423. The Labute approximate surface area is 275 Å². The lowest BCUT2D eigenvalue weighted by Crippen LogP contribution is -2.48. The van der Waals surface area contributed by atoms with Gasteiger partial charge < -0.3 is 64.8 Å². The fourth-order valence-electron chi connectivity index (χ4n) is 4.33. The average Bonchev–Trinajstić information content (AvgIpc) is 3.02. The molecule has 0 heterocycles. The molecule has 0 atom stereocenters. The highest BCUT2D eigenvalue weighted by atomic mass is 28.4. The van der Waals surface area contributed by atoms with Crippen molar-refractivity contribution in [2.75, 3.05) is 162 Å². The van der Waals surface area contributed by atoms with Gasteiger partial charge in [0.05, 0.1) is 79.3 Å². The Kier molecular flexibility index (Phi) is 31.1. The van der Waals surface area contributed by atoms with Crippen LogP contribution in [0.4, 0.5) is 0 Å². The monoisotopic (exact) mass is 690 g/mol. The van der Waals surface area contributed by atoms with Gasteiger partial charge in [-0.3, -0.25) is 0 Å². The second-order valence-corrected chi connectivity index (χ2v) is 16.0. The van der Waals surface area contributed by atoms with Crippen LogP contribution in [0.25, 0.3) is 0 Å². The first-order valence-electron chi connectivity index (χ1n) is 16.0. The predicted molar refractivity (Wildman–Crippen MR) is 177 cm³/mol. The number of methoxy groups -OCH3 is 6. The van der Waals surface area contributed by atoms with Crippen molar-refractivity contribution in [1.29, 1.82) is 0 Å². The van der Waals surface area contributed by atoms with Gasteiger partial charge in [-0.2, -0.15) is 0 Å². The van der Waals surface area contributed by atoms with E-state index < -0.39 is 17.6 Å². The molecule has 0 saturated heterocycles. The molecule has 0 aliphatic carbocycles. The summed E-state index contributed by atoms with van der Waals surface area (Å²) >= 11 is 0. The number of hydrogen-bond donors (Lipinski definition) is 0. The average molecular weight is 691 g/mol. The van der Waals surface area contributed by atoms with Gasteiger partial charge in [0.25, 0.3) is 0 Å². The first-order valence-corrected chi connectivity index (χ1v) is 19.9. The first kappa shape index (κ1) is 44.9. The molecule has 14 nitrogen and oxygen atoms in total. The number of nitrogens with zero attached hydrogens (tertiary/aromatic N) is 2. The third kappa shape index (κ3) is 24.6. The Hall–Kier alpha value is -0.126. The van der Waals surface area contributed by atoms with Crippen molar-refractivity contribution >= 4 is 17.6 Å². The fourth-order valence-corrected chi connectivity index (χ4v) is 9.25. The molecule has 0 saturated carbocycles. The van der Waals surface area contributed by atoms with E-state index in [0.717, 1.165) is 45.4 Å². The lowest BCUT2D eigenvalue weighted by Gasteiger charge is -2.30. The van der Waals surface area contributed by atoms with E-state index in [4.69, 9.17) is 55.0 Å². The summed E-state index contributed by atoms with van der Waals surface area (Å²) < 4.78 is 68.3. The van der Waals surface area contributed by atoms with E-state index in [9.17, 15) is 0 Å². The van der Waals surface area contributed by atoms with Gasteiger partial charge in [0.1, 0.15) is 0 Å². The molecule has 0 rings (SSSR count). The molecule has 16 heteroatoms. The van der Waals surface area contributed by atoms with Crippen LogP contribution in [0.15, 0.2) is 0 Å².